The Bertz CT molecular complexity index is 1770. The number of sulfonamides is 1. The molecule has 2 heterocycles. The maximum atomic E-state index is 14.6. The van der Waals surface area contributed by atoms with Gasteiger partial charge in [-0.3, -0.25) is 13.9 Å². The number of hydrogen-bond acceptors (Lipinski definition) is 9. The van der Waals surface area contributed by atoms with E-state index in [0.29, 0.717) is 23.6 Å². The van der Waals surface area contributed by atoms with E-state index < -0.39 is 39.6 Å². The summed E-state index contributed by atoms with van der Waals surface area (Å²) in [6.45, 7) is 8.12. The molecule has 1 saturated carbocycles. The number of benzene rings is 2. The summed E-state index contributed by atoms with van der Waals surface area (Å²) in [5.41, 5.74) is -0.956. The molecule has 3 amide bonds. The molecule has 2 aromatic carbocycles. The molecule has 13 heteroatoms. The molecular formula is C42H60N4O7S2. The predicted molar refractivity (Wildman–Crippen MR) is 218 cm³/mol. The van der Waals surface area contributed by atoms with Crippen LogP contribution in [0.2, 0.25) is 0 Å². The average molecular weight is 797 g/mol. The van der Waals surface area contributed by atoms with Gasteiger partial charge in [0.25, 0.3) is 21.8 Å². The van der Waals surface area contributed by atoms with E-state index in [4.69, 9.17) is 14.5 Å². The number of carbonyl (C=O) groups excluding carboxylic acids is 3. The molecule has 0 aromatic heterocycles. The first-order chi connectivity index (χ1) is 26.4. The van der Waals surface area contributed by atoms with E-state index >= 15 is 0 Å². The van der Waals surface area contributed by atoms with Crippen LogP contribution in [0.25, 0.3) is 0 Å². The lowest BCUT2D eigenvalue weighted by atomic mass is 9.90. The normalized spacial score (nSPS) is 19.1. The summed E-state index contributed by atoms with van der Waals surface area (Å²) in [6, 6.07) is 11.9. The van der Waals surface area contributed by atoms with Gasteiger partial charge in [0.2, 0.25) is 0 Å². The van der Waals surface area contributed by atoms with Crippen LogP contribution in [0.15, 0.2) is 63.3 Å². The molecule has 1 aliphatic carbocycles. The second-order valence-corrected chi connectivity index (χ2v) is 19.2. The second-order valence-electron chi connectivity index (χ2n) is 15.7. The lowest BCUT2D eigenvalue weighted by Crippen LogP contribution is -2.59. The van der Waals surface area contributed by atoms with Gasteiger partial charge in [-0.15, -0.1) is 11.8 Å². The van der Waals surface area contributed by atoms with Crippen molar-refractivity contribution in [3.8, 4) is 0 Å². The number of anilines is 1. The van der Waals surface area contributed by atoms with E-state index in [2.05, 4.69) is 19.2 Å². The highest BCUT2D eigenvalue weighted by Gasteiger charge is 2.55. The van der Waals surface area contributed by atoms with Crippen LogP contribution < -0.4 is 5.32 Å². The minimum atomic E-state index is -4.26. The van der Waals surface area contributed by atoms with Crippen LogP contribution >= 0.6 is 11.8 Å². The van der Waals surface area contributed by atoms with Crippen molar-refractivity contribution in [1.82, 2.24) is 9.21 Å². The zero-order valence-corrected chi connectivity index (χ0v) is 34.8. The molecule has 2 fully saturated rings. The van der Waals surface area contributed by atoms with Gasteiger partial charge >= 0.3 is 6.09 Å². The molecule has 0 bridgehead atoms. The van der Waals surface area contributed by atoms with Crippen molar-refractivity contribution in [3.05, 3.63) is 48.5 Å². The van der Waals surface area contributed by atoms with Crippen LogP contribution in [0.3, 0.4) is 0 Å². The number of aliphatic imine (C=N–C) groups is 1. The van der Waals surface area contributed by atoms with Gasteiger partial charge in [-0.1, -0.05) is 115 Å². The Hall–Kier alpha value is -3.42. The number of thioether (sulfide) groups is 1. The van der Waals surface area contributed by atoms with Crippen molar-refractivity contribution in [1.29, 1.82) is 0 Å². The lowest BCUT2D eigenvalue weighted by Gasteiger charge is -2.36. The summed E-state index contributed by atoms with van der Waals surface area (Å²) in [4.78, 5) is 48.2. The Morgan fingerprint density at radius 3 is 2.16 bits per heavy atom. The number of carbonyl (C=O) groups is 3. The van der Waals surface area contributed by atoms with Gasteiger partial charge in [0.05, 0.1) is 11.4 Å². The molecule has 2 aliphatic heterocycles. The highest BCUT2D eigenvalue weighted by Crippen LogP contribution is 2.46. The van der Waals surface area contributed by atoms with Crippen LogP contribution in [0, 0.1) is 0 Å². The van der Waals surface area contributed by atoms with Crippen molar-refractivity contribution in [2.75, 3.05) is 25.1 Å². The summed E-state index contributed by atoms with van der Waals surface area (Å²) >= 11 is 1.70. The van der Waals surface area contributed by atoms with Crippen LogP contribution in [-0.4, -0.2) is 77.5 Å². The van der Waals surface area contributed by atoms with Crippen LogP contribution in [0.5, 0.6) is 0 Å². The van der Waals surface area contributed by atoms with E-state index in [-0.39, 0.29) is 34.3 Å². The number of ether oxygens (including phenoxy) is 2. The molecule has 2 aromatic rings. The number of amides is 3. The quantitative estimate of drug-likeness (QED) is 0.124. The Labute approximate surface area is 332 Å². The zero-order valence-electron chi connectivity index (χ0n) is 33.1. The van der Waals surface area contributed by atoms with Crippen molar-refractivity contribution in [2.45, 2.75) is 157 Å². The maximum Gasteiger partial charge on any atom is 0.418 e. The Morgan fingerprint density at radius 1 is 0.873 bits per heavy atom. The fourth-order valence-corrected chi connectivity index (χ4v) is 10.5. The average Bonchev–Trinajstić information content (AvgIpc) is 3.35. The van der Waals surface area contributed by atoms with E-state index in [1.807, 2.05) is 12.1 Å². The van der Waals surface area contributed by atoms with E-state index in [1.54, 1.807) is 42.1 Å². The third-order valence-corrected chi connectivity index (χ3v) is 14.0. The largest absolute Gasteiger partial charge is 0.433 e. The monoisotopic (exact) mass is 796 g/mol. The summed E-state index contributed by atoms with van der Waals surface area (Å²) < 4.78 is 41.1. The zero-order chi connectivity index (χ0) is 39.5. The summed E-state index contributed by atoms with van der Waals surface area (Å²) in [5.74, 6) is -1.80. The van der Waals surface area contributed by atoms with Gasteiger partial charge in [-0.05, 0) is 63.8 Å². The lowest BCUT2D eigenvalue weighted by molar-refractivity contribution is -0.137. The molecular weight excluding hydrogens is 737 g/mol. The van der Waals surface area contributed by atoms with Crippen molar-refractivity contribution < 1.29 is 32.3 Å². The van der Waals surface area contributed by atoms with Gasteiger partial charge < -0.3 is 14.8 Å². The highest BCUT2D eigenvalue weighted by atomic mass is 32.2. The Kier molecular flexibility index (Phi) is 15.2. The van der Waals surface area contributed by atoms with E-state index in [0.717, 1.165) is 47.7 Å². The number of nitrogens with zero attached hydrogens (tertiary/aromatic N) is 3. The van der Waals surface area contributed by atoms with E-state index in [1.165, 1.54) is 77.7 Å². The second kappa shape index (κ2) is 19.6. The first kappa shape index (κ1) is 42.7. The molecule has 0 spiro atoms. The number of cyclic esters (lactones) is 1. The molecule has 11 nitrogen and oxygen atoms in total. The third kappa shape index (κ3) is 10.9. The summed E-state index contributed by atoms with van der Waals surface area (Å²) in [7, 11) is -4.26. The van der Waals surface area contributed by atoms with Gasteiger partial charge in [-0.25, -0.2) is 23.1 Å². The van der Waals surface area contributed by atoms with Crippen LogP contribution in [-0.2, 0) is 29.1 Å². The van der Waals surface area contributed by atoms with E-state index in [9.17, 15) is 22.8 Å². The van der Waals surface area contributed by atoms with Crippen molar-refractivity contribution in [2.24, 2.45) is 4.99 Å². The molecule has 1 saturated heterocycles. The minimum Gasteiger partial charge on any atom is -0.433 e. The number of hydrogen-bond donors (Lipinski definition) is 1. The van der Waals surface area contributed by atoms with Gasteiger partial charge in [0.1, 0.15) is 4.90 Å². The fourth-order valence-electron chi connectivity index (χ4n) is 7.51. The molecule has 55 heavy (non-hydrogen) atoms. The van der Waals surface area contributed by atoms with Gasteiger partial charge in [-0.2, -0.15) is 0 Å². The molecule has 3 aliphatic rings. The first-order valence-electron chi connectivity index (χ1n) is 20.3. The SMILES string of the molecule is CCCCCCCCCCCCOCCCN1C(C(C(=O)Nc2ccccc2SC2(C)CCCCC2)N2C(=O)OC(C)(C)C2=O)=Nc2ccccc2S1(=O)=O. The Morgan fingerprint density at radius 2 is 1.49 bits per heavy atom. The molecule has 5 rings (SSSR count). The van der Waals surface area contributed by atoms with Crippen LogP contribution in [0.4, 0.5) is 16.2 Å². The van der Waals surface area contributed by atoms with Gasteiger partial charge in [0.15, 0.2) is 17.5 Å². The van der Waals surface area contributed by atoms with Crippen molar-refractivity contribution in [3.63, 3.8) is 0 Å². The molecule has 1 atom stereocenters. The summed E-state index contributed by atoms with van der Waals surface area (Å²) in [5, 5.41) is 2.96. The fraction of sp³-hybridized carbons (Fsp3) is 0.619. The first-order valence-corrected chi connectivity index (χ1v) is 22.6. The minimum absolute atomic E-state index is 0.0190. The molecule has 302 valence electrons. The number of amidine groups is 1. The molecule has 0 radical (unpaired) electrons. The van der Waals surface area contributed by atoms with Crippen molar-refractivity contribution >= 4 is 56.9 Å². The topological polar surface area (TPSA) is 135 Å². The predicted octanol–water partition coefficient (Wildman–Crippen LogP) is 9.63. The number of para-hydroxylation sites is 2. The van der Waals surface area contributed by atoms with Crippen LogP contribution in [0.1, 0.15) is 130 Å². The Balaban J connectivity index is 1.34. The molecule has 1 unspecified atom stereocenters. The maximum absolute atomic E-state index is 14.6. The standard InChI is InChI=1S/C42H60N4O7S2/c1-5-6-7-8-9-10-11-12-13-21-30-52-31-22-29-45-37(43-33-24-16-18-26-35(33)55(45,50)51)36(46-39(48)41(2,3)53-40(46)49)38(47)44-32-23-15-17-25-34(32)54-42(4)27-19-14-20-28-42/h15-18,23-26,36H,5-14,19-22,27-31H2,1-4H3,(H,44,47). The number of nitrogens with one attached hydrogen (secondary N) is 1. The number of fused-ring (bicyclic) bond motifs is 1. The highest BCUT2D eigenvalue weighted by molar-refractivity contribution is 8.00. The number of imide groups is 1. The number of unbranched alkanes of at least 4 members (excludes halogenated alkanes) is 9. The van der Waals surface area contributed by atoms with Gasteiger partial charge in [0, 0.05) is 29.4 Å². The molecule has 1 N–H and O–H groups in total. The smallest absolute Gasteiger partial charge is 0.418 e. The summed E-state index contributed by atoms with van der Waals surface area (Å²) in [6.07, 6.45) is 17.0. The third-order valence-electron chi connectivity index (χ3n) is 10.7. The number of rotatable bonds is 21.